The summed E-state index contributed by atoms with van der Waals surface area (Å²) in [5, 5.41) is 2.66. The Balaban J connectivity index is 1.80. The van der Waals surface area contributed by atoms with Crippen LogP contribution in [0.2, 0.25) is 0 Å². The van der Waals surface area contributed by atoms with Crippen LogP contribution in [0.25, 0.3) is 39.0 Å². The molecule has 1 aliphatic rings. The van der Waals surface area contributed by atoms with Gasteiger partial charge in [-0.15, -0.1) is 0 Å². The van der Waals surface area contributed by atoms with Crippen LogP contribution in [0.5, 0.6) is 0 Å². The summed E-state index contributed by atoms with van der Waals surface area (Å²) < 4.78 is 2.78. The van der Waals surface area contributed by atoms with Crippen molar-refractivity contribution < 1.29 is 0 Å². The zero-order chi connectivity index (χ0) is 17.1. The molecule has 1 nitrogen and oxygen atoms in total. The van der Waals surface area contributed by atoms with E-state index in [9.17, 15) is 0 Å². The molecule has 1 heterocycles. The predicted molar refractivity (Wildman–Crippen MR) is 116 cm³/mol. The molecule has 0 fully saturated rings. The van der Waals surface area contributed by atoms with E-state index in [-0.39, 0.29) is 0 Å². The molecule has 1 atom stereocenters. The summed E-state index contributed by atoms with van der Waals surface area (Å²) in [7, 11) is 2.15. The van der Waals surface area contributed by atoms with Crippen LogP contribution >= 0.6 is 22.6 Å². The van der Waals surface area contributed by atoms with E-state index in [1.165, 1.54) is 49.6 Å². The van der Waals surface area contributed by atoms with Gasteiger partial charge >= 0.3 is 0 Å². The maximum absolute atomic E-state index is 2.54. The Morgan fingerprint density at radius 1 is 0.880 bits per heavy atom. The monoisotopic (exact) mass is 435 g/mol. The number of rotatable bonds is 1. The Labute approximate surface area is 161 Å². The van der Waals surface area contributed by atoms with Crippen LogP contribution in [0.1, 0.15) is 22.0 Å². The van der Waals surface area contributed by atoms with Crippen molar-refractivity contribution in [3.05, 3.63) is 77.4 Å². The Morgan fingerprint density at radius 2 is 1.68 bits per heavy atom. The van der Waals surface area contributed by atoms with Crippen LogP contribution in [0.15, 0.2) is 66.2 Å². The number of fused-ring (bicyclic) bond motifs is 4. The Kier molecular flexibility index (Phi) is 3.32. The first-order valence-corrected chi connectivity index (χ1v) is 9.82. The van der Waals surface area contributed by atoms with Crippen molar-refractivity contribution in [1.29, 1.82) is 0 Å². The molecule has 0 aliphatic heterocycles. The summed E-state index contributed by atoms with van der Waals surface area (Å²) >= 11 is 2.54. The summed E-state index contributed by atoms with van der Waals surface area (Å²) in [5.74, 6) is 0. The van der Waals surface area contributed by atoms with Gasteiger partial charge in [0.25, 0.3) is 0 Å². The minimum Gasteiger partial charge on any atom is -0.344 e. The summed E-state index contributed by atoms with van der Waals surface area (Å²) in [6.07, 6.45) is 2.36. The normalized spacial score (nSPS) is 16.4. The molecule has 25 heavy (non-hydrogen) atoms. The van der Waals surface area contributed by atoms with Gasteiger partial charge < -0.3 is 4.57 Å². The van der Waals surface area contributed by atoms with Crippen molar-refractivity contribution in [2.24, 2.45) is 7.05 Å². The SMILES string of the molecule is CC1=Cc2c(-c3ccc4c(c3)c3ccccc3n4C)cccc2C1I. The molecular formula is C23H18IN. The number of aryl methyl sites for hydroxylation is 1. The van der Waals surface area contributed by atoms with E-state index in [4.69, 9.17) is 0 Å². The van der Waals surface area contributed by atoms with Gasteiger partial charge in [0, 0.05) is 28.9 Å². The molecule has 1 unspecified atom stereocenters. The molecule has 1 aliphatic carbocycles. The molecule has 0 saturated heterocycles. The highest BCUT2D eigenvalue weighted by molar-refractivity contribution is 14.1. The van der Waals surface area contributed by atoms with Crippen LogP contribution in [0.3, 0.4) is 0 Å². The van der Waals surface area contributed by atoms with Crippen molar-refractivity contribution >= 4 is 50.5 Å². The molecular weight excluding hydrogens is 417 g/mol. The maximum atomic E-state index is 2.54. The van der Waals surface area contributed by atoms with Crippen molar-refractivity contribution in [2.45, 2.75) is 10.8 Å². The van der Waals surface area contributed by atoms with Crippen molar-refractivity contribution in [2.75, 3.05) is 0 Å². The van der Waals surface area contributed by atoms with E-state index < -0.39 is 0 Å². The van der Waals surface area contributed by atoms with Crippen LogP contribution in [0, 0.1) is 0 Å². The average Bonchev–Trinajstić information content (AvgIpc) is 3.10. The lowest BCUT2D eigenvalue weighted by molar-refractivity contribution is 1.01. The Hall–Kier alpha value is -2.07. The molecule has 1 aromatic heterocycles. The van der Waals surface area contributed by atoms with E-state index in [2.05, 4.69) is 108 Å². The third kappa shape index (κ3) is 2.13. The smallest absolute Gasteiger partial charge is 0.0575 e. The lowest BCUT2D eigenvalue weighted by atomic mass is 9.96. The molecule has 0 spiro atoms. The van der Waals surface area contributed by atoms with Crippen LogP contribution < -0.4 is 0 Å². The van der Waals surface area contributed by atoms with E-state index >= 15 is 0 Å². The van der Waals surface area contributed by atoms with Gasteiger partial charge in [0.05, 0.1) is 3.92 Å². The number of allylic oxidation sites excluding steroid dienone is 1. The molecule has 0 N–H and O–H groups in total. The first-order chi connectivity index (χ1) is 12.1. The van der Waals surface area contributed by atoms with Gasteiger partial charge in [0.1, 0.15) is 0 Å². The highest BCUT2D eigenvalue weighted by Gasteiger charge is 2.22. The molecule has 2 heteroatoms. The minimum absolute atomic E-state index is 0.494. The number of hydrogen-bond donors (Lipinski definition) is 0. The first kappa shape index (κ1) is 15.2. The van der Waals surface area contributed by atoms with Gasteiger partial charge in [-0.2, -0.15) is 0 Å². The molecule has 0 amide bonds. The fraction of sp³-hybridized carbons (Fsp3) is 0.130. The fourth-order valence-electron chi connectivity index (χ4n) is 4.10. The minimum atomic E-state index is 0.494. The summed E-state index contributed by atoms with van der Waals surface area (Å²) in [4.78, 5) is 0. The van der Waals surface area contributed by atoms with Gasteiger partial charge in [-0.25, -0.2) is 0 Å². The summed E-state index contributed by atoms with van der Waals surface area (Å²) in [6, 6.07) is 22.3. The van der Waals surface area contributed by atoms with Gasteiger partial charge in [-0.1, -0.05) is 76.7 Å². The number of halogens is 1. The number of aromatic nitrogens is 1. The third-order valence-corrected chi connectivity index (χ3v) is 7.06. The van der Waals surface area contributed by atoms with E-state index in [0.29, 0.717) is 3.92 Å². The van der Waals surface area contributed by atoms with Crippen LogP contribution in [-0.2, 0) is 7.05 Å². The van der Waals surface area contributed by atoms with Crippen molar-refractivity contribution in [1.82, 2.24) is 4.57 Å². The van der Waals surface area contributed by atoms with Gasteiger partial charge in [0.15, 0.2) is 0 Å². The fourth-order valence-corrected chi connectivity index (χ4v) is 4.82. The number of hydrogen-bond acceptors (Lipinski definition) is 0. The van der Waals surface area contributed by atoms with Crippen LogP contribution in [0.4, 0.5) is 0 Å². The first-order valence-electron chi connectivity index (χ1n) is 8.58. The number of nitrogens with zero attached hydrogens (tertiary/aromatic N) is 1. The number of benzene rings is 3. The van der Waals surface area contributed by atoms with E-state index in [1.807, 2.05) is 0 Å². The largest absolute Gasteiger partial charge is 0.344 e. The standard InChI is InChI=1S/C23H18IN/c1-14-12-19-16(7-5-8-18(19)23(14)24)15-10-11-22-20(13-15)17-6-3-4-9-21(17)25(22)2/h3-13,23H,1-2H3. The topological polar surface area (TPSA) is 4.93 Å². The molecule has 0 saturated carbocycles. The average molecular weight is 435 g/mol. The van der Waals surface area contributed by atoms with E-state index in [0.717, 1.165) is 0 Å². The van der Waals surface area contributed by atoms with Gasteiger partial charge in [0.2, 0.25) is 0 Å². The number of para-hydroxylation sites is 1. The zero-order valence-corrected chi connectivity index (χ0v) is 16.4. The predicted octanol–water partition coefficient (Wildman–Crippen LogP) is 6.89. The molecule has 3 aromatic carbocycles. The van der Waals surface area contributed by atoms with E-state index in [1.54, 1.807) is 0 Å². The molecule has 122 valence electrons. The second-order valence-corrected chi connectivity index (χ2v) is 8.11. The van der Waals surface area contributed by atoms with Gasteiger partial charge in [-0.3, -0.25) is 0 Å². The van der Waals surface area contributed by atoms with Crippen LogP contribution in [-0.4, -0.2) is 4.57 Å². The summed E-state index contributed by atoms with van der Waals surface area (Å²) in [5.41, 5.74) is 9.48. The second-order valence-electron chi connectivity index (χ2n) is 6.87. The molecule has 4 aromatic rings. The molecule has 0 radical (unpaired) electrons. The quantitative estimate of drug-likeness (QED) is 0.227. The molecule has 0 bridgehead atoms. The van der Waals surface area contributed by atoms with Crippen molar-refractivity contribution in [3.8, 4) is 11.1 Å². The third-order valence-electron chi connectivity index (χ3n) is 5.41. The highest BCUT2D eigenvalue weighted by atomic mass is 127. The Bertz CT molecular complexity index is 1180. The Morgan fingerprint density at radius 3 is 2.56 bits per heavy atom. The lowest BCUT2D eigenvalue weighted by Gasteiger charge is -2.10. The summed E-state index contributed by atoms with van der Waals surface area (Å²) in [6.45, 7) is 2.23. The van der Waals surface area contributed by atoms with Crippen molar-refractivity contribution in [3.63, 3.8) is 0 Å². The zero-order valence-electron chi connectivity index (χ0n) is 14.3. The molecule has 5 rings (SSSR count). The second kappa shape index (κ2) is 5.46. The highest BCUT2D eigenvalue weighted by Crippen LogP contribution is 2.44. The maximum Gasteiger partial charge on any atom is 0.0575 e. The van der Waals surface area contributed by atoms with Gasteiger partial charge in [-0.05, 0) is 47.4 Å². The lowest BCUT2D eigenvalue weighted by Crippen LogP contribution is -1.90. The number of alkyl halides is 1.